The van der Waals surface area contributed by atoms with Gasteiger partial charge in [0.2, 0.25) is 0 Å². The molecule has 32 heavy (non-hydrogen) atoms. The number of ether oxygens (including phenoxy) is 1. The second-order valence-corrected chi connectivity index (χ2v) is 8.81. The number of amides is 1. The normalized spacial score (nSPS) is 18.3. The average molecular weight is 489 g/mol. The standard InChI is InChI=1S/C22H21Cl2F3N2O3/c1-12(2)11-31-20(30)28-18-6-14(5-4-13(18)3)19-10-21(32-29-19,22(25,26)27)15-7-16(23)9-17(24)8-15/h4-9,12H,10-11H2,1-3H3,(H,28,30). The van der Waals surface area contributed by atoms with Crippen LogP contribution >= 0.6 is 23.2 Å². The fourth-order valence-electron chi connectivity index (χ4n) is 3.17. The minimum absolute atomic E-state index is 0.0508. The highest BCUT2D eigenvalue weighted by Crippen LogP contribution is 2.49. The predicted octanol–water partition coefficient (Wildman–Crippen LogP) is 7.09. The van der Waals surface area contributed by atoms with Crippen molar-refractivity contribution in [3.05, 3.63) is 63.1 Å². The summed E-state index contributed by atoms with van der Waals surface area (Å²) in [5.74, 6) is 0.161. The molecule has 2 aromatic carbocycles. The van der Waals surface area contributed by atoms with Gasteiger partial charge >= 0.3 is 12.3 Å². The zero-order chi connectivity index (χ0) is 23.7. The summed E-state index contributed by atoms with van der Waals surface area (Å²) < 4.78 is 47.6. The van der Waals surface area contributed by atoms with Gasteiger partial charge in [-0.05, 0) is 42.7 Å². The number of benzene rings is 2. The van der Waals surface area contributed by atoms with E-state index in [1.807, 2.05) is 13.8 Å². The molecule has 5 nitrogen and oxygen atoms in total. The van der Waals surface area contributed by atoms with Crippen LogP contribution in [0.1, 0.15) is 37.0 Å². The van der Waals surface area contributed by atoms with E-state index in [2.05, 4.69) is 10.5 Å². The van der Waals surface area contributed by atoms with Crippen molar-refractivity contribution in [3.63, 3.8) is 0 Å². The molecule has 0 radical (unpaired) electrons. The number of alkyl halides is 3. The smallest absolute Gasteiger partial charge is 0.435 e. The third-order valence-corrected chi connectivity index (χ3v) is 5.31. The molecule has 1 aliphatic rings. The molecule has 2 aromatic rings. The van der Waals surface area contributed by atoms with E-state index in [0.29, 0.717) is 16.8 Å². The van der Waals surface area contributed by atoms with E-state index in [4.69, 9.17) is 32.8 Å². The van der Waals surface area contributed by atoms with Crippen molar-refractivity contribution in [1.82, 2.24) is 0 Å². The molecule has 172 valence electrons. The number of rotatable bonds is 5. The number of anilines is 1. The third-order valence-electron chi connectivity index (χ3n) is 4.87. The van der Waals surface area contributed by atoms with Gasteiger partial charge in [0.25, 0.3) is 5.60 Å². The van der Waals surface area contributed by atoms with Crippen molar-refractivity contribution in [2.75, 3.05) is 11.9 Å². The van der Waals surface area contributed by atoms with E-state index >= 15 is 0 Å². The minimum atomic E-state index is -4.79. The van der Waals surface area contributed by atoms with E-state index < -0.39 is 24.3 Å². The van der Waals surface area contributed by atoms with Gasteiger partial charge in [0.1, 0.15) is 0 Å². The van der Waals surface area contributed by atoms with Crippen LogP contribution in [0.3, 0.4) is 0 Å². The summed E-state index contributed by atoms with van der Waals surface area (Å²) >= 11 is 11.9. The van der Waals surface area contributed by atoms with Gasteiger partial charge in [0.05, 0.1) is 12.3 Å². The minimum Gasteiger partial charge on any atom is -0.449 e. The van der Waals surface area contributed by atoms with Crippen LogP contribution in [-0.4, -0.2) is 24.6 Å². The molecule has 0 aliphatic carbocycles. The molecule has 3 rings (SSSR count). The molecule has 1 atom stereocenters. The first-order valence-electron chi connectivity index (χ1n) is 9.74. The Balaban J connectivity index is 1.89. The first kappa shape index (κ1) is 24.2. The lowest BCUT2D eigenvalue weighted by molar-refractivity contribution is -0.275. The zero-order valence-corrected chi connectivity index (χ0v) is 19.0. The Morgan fingerprint density at radius 2 is 1.88 bits per heavy atom. The topological polar surface area (TPSA) is 59.9 Å². The largest absolute Gasteiger partial charge is 0.449 e. The van der Waals surface area contributed by atoms with Crippen LogP contribution in [0.4, 0.5) is 23.7 Å². The second kappa shape index (κ2) is 9.19. The number of oxime groups is 1. The van der Waals surface area contributed by atoms with E-state index in [1.165, 1.54) is 12.1 Å². The molecule has 0 fully saturated rings. The summed E-state index contributed by atoms with van der Waals surface area (Å²) in [5.41, 5.74) is -1.44. The first-order chi connectivity index (χ1) is 14.9. The highest BCUT2D eigenvalue weighted by Gasteiger charge is 2.62. The van der Waals surface area contributed by atoms with Crippen molar-refractivity contribution in [1.29, 1.82) is 0 Å². The van der Waals surface area contributed by atoms with Crippen molar-refractivity contribution in [3.8, 4) is 0 Å². The summed E-state index contributed by atoms with van der Waals surface area (Å²) in [4.78, 5) is 17.0. The van der Waals surface area contributed by atoms with E-state index in [9.17, 15) is 18.0 Å². The molecule has 1 N–H and O–H groups in total. The SMILES string of the molecule is Cc1ccc(C2=NOC(c3cc(Cl)cc(Cl)c3)(C(F)(F)F)C2)cc1NC(=O)OCC(C)C. The summed E-state index contributed by atoms with van der Waals surface area (Å²) in [6, 6.07) is 8.47. The van der Waals surface area contributed by atoms with Crippen molar-refractivity contribution in [2.45, 2.75) is 39.0 Å². The lowest BCUT2D eigenvalue weighted by Crippen LogP contribution is -2.42. The van der Waals surface area contributed by atoms with Crippen LogP contribution in [0.15, 0.2) is 41.6 Å². The van der Waals surface area contributed by atoms with Crippen molar-refractivity contribution >= 4 is 40.7 Å². The number of halogens is 5. The summed E-state index contributed by atoms with van der Waals surface area (Å²) in [7, 11) is 0. The Hall–Kier alpha value is -2.45. The monoisotopic (exact) mass is 488 g/mol. The van der Waals surface area contributed by atoms with Gasteiger partial charge in [-0.3, -0.25) is 5.32 Å². The fourth-order valence-corrected chi connectivity index (χ4v) is 3.70. The number of carbonyl (C=O) groups excluding carboxylic acids is 1. The Kier molecular flexibility index (Phi) is 6.95. The number of carbonyl (C=O) groups is 1. The Bertz CT molecular complexity index is 1040. The molecule has 1 amide bonds. The fraction of sp³-hybridized carbons (Fsp3) is 0.364. The number of nitrogens with zero attached hydrogens (tertiary/aromatic N) is 1. The summed E-state index contributed by atoms with van der Waals surface area (Å²) in [5, 5.41) is 6.45. The van der Waals surface area contributed by atoms with Crippen LogP contribution in [0.2, 0.25) is 10.0 Å². The quantitative estimate of drug-likeness (QED) is 0.488. The Labute approximate surface area is 193 Å². The van der Waals surface area contributed by atoms with Gasteiger partial charge in [0, 0.05) is 33.3 Å². The van der Waals surface area contributed by atoms with Crippen LogP contribution < -0.4 is 5.32 Å². The zero-order valence-electron chi connectivity index (χ0n) is 17.5. The Morgan fingerprint density at radius 3 is 2.47 bits per heavy atom. The number of aryl methyl sites for hydroxylation is 1. The highest BCUT2D eigenvalue weighted by atomic mass is 35.5. The molecule has 10 heteroatoms. The Morgan fingerprint density at radius 1 is 1.22 bits per heavy atom. The van der Waals surface area contributed by atoms with E-state index in [1.54, 1.807) is 19.1 Å². The third kappa shape index (κ3) is 5.13. The molecule has 0 spiro atoms. The lowest BCUT2D eigenvalue weighted by Gasteiger charge is -2.29. The molecular formula is C22H21Cl2F3N2O3. The van der Waals surface area contributed by atoms with Crippen LogP contribution in [-0.2, 0) is 15.2 Å². The molecule has 0 saturated heterocycles. The van der Waals surface area contributed by atoms with Crippen molar-refractivity contribution < 1.29 is 27.5 Å². The van der Waals surface area contributed by atoms with Crippen LogP contribution in [0.25, 0.3) is 0 Å². The van der Waals surface area contributed by atoms with Crippen LogP contribution in [0, 0.1) is 12.8 Å². The van der Waals surface area contributed by atoms with Gasteiger partial charge in [-0.1, -0.05) is 54.3 Å². The van der Waals surface area contributed by atoms with Crippen molar-refractivity contribution in [2.24, 2.45) is 11.1 Å². The molecule has 1 heterocycles. The number of hydrogen-bond donors (Lipinski definition) is 1. The molecule has 1 unspecified atom stereocenters. The predicted molar refractivity (Wildman–Crippen MR) is 117 cm³/mol. The molecular weight excluding hydrogens is 468 g/mol. The second-order valence-electron chi connectivity index (χ2n) is 7.94. The van der Waals surface area contributed by atoms with Gasteiger partial charge in [-0.2, -0.15) is 13.2 Å². The molecule has 0 aromatic heterocycles. The maximum atomic E-state index is 14.2. The molecule has 0 saturated carbocycles. The maximum absolute atomic E-state index is 14.2. The highest BCUT2D eigenvalue weighted by molar-refractivity contribution is 6.34. The molecule has 1 aliphatic heterocycles. The van der Waals surface area contributed by atoms with Gasteiger partial charge in [-0.25, -0.2) is 4.79 Å². The number of hydrogen-bond acceptors (Lipinski definition) is 4. The first-order valence-corrected chi connectivity index (χ1v) is 10.5. The van der Waals surface area contributed by atoms with Gasteiger partial charge in [0.15, 0.2) is 0 Å². The lowest BCUT2D eigenvalue weighted by atomic mass is 9.86. The van der Waals surface area contributed by atoms with Gasteiger partial charge < -0.3 is 9.57 Å². The van der Waals surface area contributed by atoms with E-state index in [0.717, 1.165) is 12.1 Å². The number of nitrogens with one attached hydrogen (secondary N) is 1. The van der Waals surface area contributed by atoms with E-state index in [-0.39, 0.29) is 33.8 Å². The van der Waals surface area contributed by atoms with Gasteiger partial charge in [-0.15, -0.1) is 0 Å². The molecule has 0 bridgehead atoms. The maximum Gasteiger partial charge on any atom is 0.435 e. The average Bonchev–Trinajstić information content (AvgIpc) is 3.14. The summed E-state index contributed by atoms with van der Waals surface area (Å²) in [6.07, 6.45) is -6.03. The van der Waals surface area contributed by atoms with Crippen LogP contribution in [0.5, 0.6) is 0 Å². The summed E-state index contributed by atoms with van der Waals surface area (Å²) in [6.45, 7) is 5.79.